The number of aromatic nitrogens is 1. The van der Waals surface area contributed by atoms with Gasteiger partial charge in [0, 0.05) is 18.5 Å². The summed E-state index contributed by atoms with van der Waals surface area (Å²) in [5.41, 5.74) is 7.98. The fraction of sp³-hybridized carbons (Fsp3) is 0.294. The molecule has 1 aromatic carbocycles. The molecule has 0 saturated heterocycles. The Kier molecular flexibility index (Phi) is 5.70. The number of nitrogens with zero attached hydrogens (tertiary/aromatic N) is 2. The van der Waals surface area contributed by atoms with Crippen LogP contribution in [-0.4, -0.2) is 21.0 Å². The summed E-state index contributed by atoms with van der Waals surface area (Å²) in [5.74, 6) is 1.05. The van der Waals surface area contributed by atoms with E-state index in [1.54, 1.807) is 30.5 Å². The molecule has 26 heavy (non-hydrogen) atoms. The fourth-order valence-corrected chi connectivity index (χ4v) is 3.23. The molecule has 0 spiro atoms. The fourth-order valence-electron chi connectivity index (χ4n) is 2.59. The SMILES string of the molecule is CS(=O)/N=C(\N)n1cc(C2CC2)c(COc2ccc(Cl)c(Cl)c2)cc1=N. The zero-order valence-electron chi connectivity index (χ0n) is 14.0. The number of rotatable bonds is 5. The lowest BCUT2D eigenvalue weighted by atomic mass is 10.1. The second-order valence-corrected chi connectivity index (χ2v) is 7.87. The largest absolute Gasteiger partial charge is 0.489 e. The van der Waals surface area contributed by atoms with Crippen molar-refractivity contribution < 1.29 is 8.95 Å². The van der Waals surface area contributed by atoms with Gasteiger partial charge in [-0.05, 0) is 48.1 Å². The molecule has 1 atom stereocenters. The van der Waals surface area contributed by atoms with E-state index in [1.807, 2.05) is 0 Å². The van der Waals surface area contributed by atoms with Gasteiger partial charge in [-0.25, -0.2) is 4.21 Å². The van der Waals surface area contributed by atoms with Crippen LogP contribution in [0.5, 0.6) is 5.75 Å². The maximum atomic E-state index is 11.3. The van der Waals surface area contributed by atoms with Crippen LogP contribution in [0.2, 0.25) is 10.0 Å². The molecule has 3 N–H and O–H groups in total. The molecule has 2 aromatic rings. The van der Waals surface area contributed by atoms with Gasteiger partial charge in [0.15, 0.2) is 0 Å². The third-order valence-corrected chi connectivity index (χ3v) is 5.16. The van der Waals surface area contributed by atoms with Crippen LogP contribution in [0.4, 0.5) is 0 Å². The van der Waals surface area contributed by atoms with Crippen molar-refractivity contribution in [2.45, 2.75) is 25.4 Å². The first-order valence-electron chi connectivity index (χ1n) is 7.91. The monoisotopic (exact) mass is 412 g/mol. The van der Waals surface area contributed by atoms with E-state index in [2.05, 4.69) is 4.40 Å². The van der Waals surface area contributed by atoms with Crippen LogP contribution in [0.15, 0.2) is 34.9 Å². The molecule has 1 saturated carbocycles. The van der Waals surface area contributed by atoms with E-state index in [1.165, 1.54) is 10.8 Å². The summed E-state index contributed by atoms with van der Waals surface area (Å²) in [6.07, 6.45) is 5.37. The Morgan fingerprint density at radius 2 is 2.12 bits per heavy atom. The molecule has 1 fully saturated rings. The lowest BCUT2D eigenvalue weighted by Crippen LogP contribution is -2.34. The number of ether oxygens (including phenoxy) is 1. The molecular weight excluding hydrogens is 395 g/mol. The van der Waals surface area contributed by atoms with Crippen LogP contribution in [0.3, 0.4) is 0 Å². The molecule has 1 aliphatic rings. The van der Waals surface area contributed by atoms with Crippen molar-refractivity contribution in [2.24, 2.45) is 10.1 Å². The van der Waals surface area contributed by atoms with E-state index in [4.69, 9.17) is 39.1 Å². The minimum atomic E-state index is -1.43. The first-order valence-corrected chi connectivity index (χ1v) is 10.2. The Hall–Kier alpha value is -1.83. The molecule has 0 bridgehead atoms. The van der Waals surface area contributed by atoms with Gasteiger partial charge in [0.1, 0.15) is 28.8 Å². The average molecular weight is 413 g/mol. The van der Waals surface area contributed by atoms with Crippen molar-refractivity contribution in [1.82, 2.24) is 4.57 Å². The molecule has 1 aromatic heterocycles. The van der Waals surface area contributed by atoms with Crippen molar-refractivity contribution >= 4 is 40.1 Å². The maximum absolute atomic E-state index is 11.3. The van der Waals surface area contributed by atoms with Gasteiger partial charge in [-0.1, -0.05) is 23.2 Å². The number of nitrogens with one attached hydrogen (secondary N) is 1. The summed E-state index contributed by atoms with van der Waals surface area (Å²) >= 11 is 11.9. The zero-order chi connectivity index (χ0) is 18.8. The third-order valence-electron chi connectivity index (χ3n) is 3.98. The van der Waals surface area contributed by atoms with Crippen LogP contribution in [0.25, 0.3) is 0 Å². The van der Waals surface area contributed by atoms with Gasteiger partial charge < -0.3 is 10.5 Å². The predicted octanol–water partition coefficient (Wildman–Crippen LogP) is 3.19. The van der Waals surface area contributed by atoms with E-state index in [9.17, 15) is 4.21 Å². The molecule has 1 aliphatic carbocycles. The number of hydrogen-bond acceptors (Lipinski definition) is 3. The molecule has 0 amide bonds. The number of hydrogen-bond donors (Lipinski definition) is 2. The topological polar surface area (TPSA) is 93.5 Å². The molecule has 3 rings (SSSR count). The zero-order valence-corrected chi connectivity index (χ0v) is 16.4. The summed E-state index contributed by atoms with van der Waals surface area (Å²) in [6.45, 7) is 0.299. The van der Waals surface area contributed by atoms with Crippen LogP contribution >= 0.6 is 23.2 Å². The standard InChI is InChI=1S/C17H18Cl2N4O2S/c1-26(24)22-17(21)23-8-13(10-2-3-10)11(6-16(23)20)9-25-12-4-5-14(18)15(19)7-12/h4-8,10,20H,2-3,9H2,1H3,(H2,21,22). The van der Waals surface area contributed by atoms with E-state index < -0.39 is 11.0 Å². The Labute approximate surface area is 163 Å². The van der Waals surface area contributed by atoms with Gasteiger partial charge in [0.2, 0.25) is 5.96 Å². The van der Waals surface area contributed by atoms with Crippen LogP contribution in [-0.2, 0) is 17.6 Å². The van der Waals surface area contributed by atoms with Gasteiger partial charge in [0.05, 0.1) is 10.0 Å². The number of halogens is 2. The molecule has 0 aliphatic heterocycles. The number of pyridine rings is 1. The minimum Gasteiger partial charge on any atom is -0.489 e. The van der Waals surface area contributed by atoms with Gasteiger partial charge in [-0.2, -0.15) is 4.40 Å². The van der Waals surface area contributed by atoms with E-state index in [0.717, 1.165) is 24.0 Å². The Bertz CT molecular complexity index is 954. The van der Waals surface area contributed by atoms with Crippen molar-refractivity contribution in [3.63, 3.8) is 0 Å². The highest BCUT2D eigenvalue weighted by atomic mass is 35.5. The molecular formula is C17H18Cl2N4O2S. The highest BCUT2D eigenvalue weighted by molar-refractivity contribution is 7.83. The average Bonchev–Trinajstić information content (AvgIpc) is 3.40. The molecule has 138 valence electrons. The summed E-state index contributed by atoms with van der Waals surface area (Å²) in [7, 11) is -1.43. The van der Waals surface area contributed by atoms with Gasteiger partial charge in [-0.15, -0.1) is 0 Å². The van der Waals surface area contributed by atoms with Crippen molar-refractivity contribution in [3.8, 4) is 5.75 Å². The van der Waals surface area contributed by atoms with Crippen molar-refractivity contribution in [1.29, 1.82) is 5.41 Å². The summed E-state index contributed by atoms with van der Waals surface area (Å²) in [5, 5.41) is 9.09. The summed E-state index contributed by atoms with van der Waals surface area (Å²) in [6, 6.07) is 6.79. The first-order chi connectivity index (χ1) is 12.3. The smallest absolute Gasteiger partial charge is 0.215 e. The van der Waals surface area contributed by atoms with Crippen LogP contribution in [0.1, 0.15) is 29.9 Å². The van der Waals surface area contributed by atoms with Crippen LogP contribution in [0, 0.1) is 5.41 Å². The molecule has 1 unspecified atom stereocenters. The maximum Gasteiger partial charge on any atom is 0.215 e. The molecule has 9 heteroatoms. The minimum absolute atomic E-state index is 0.0367. The number of nitrogens with two attached hydrogens (primary N) is 1. The highest BCUT2D eigenvalue weighted by Crippen LogP contribution is 2.41. The predicted molar refractivity (Wildman–Crippen MR) is 104 cm³/mol. The molecule has 6 nitrogen and oxygen atoms in total. The normalized spacial score (nSPS) is 15.7. The van der Waals surface area contributed by atoms with Gasteiger partial charge in [-0.3, -0.25) is 9.98 Å². The van der Waals surface area contributed by atoms with Crippen molar-refractivity contribution in [2.75, 3.05) is 6.26 Å². The third kappa shape index (κ3) is 4.47. The van der Waals surface area contributed by atoms with E-state index in [-0.39, 0.29) is 11.4 Å². The Balaban J connectivity index is 1.89. The van der Waals surface area contributed by atoms with Gasteiger partial charge >= 0.3 is 0 Å². The van der Waals surface area contributed by atoms with Gasteiger partial charge in [0.25, 0.3) is 0 Å². The highest BCUT2D eigenvalue weighted by Gasteiger charge is 2.27. The van der Waals surface area contributed by atoms with Crippen LogP contribution < -0.4 is 16.0 Å². The van der Waals surface area contributed by atoms with E-state index >= 15 is 0 Å². The second-order valence-electron chi connectivity index (χ2n) is 6.02. The second kappa shape index (κ2) is 7.82. The molecule has 1 heterocycles. The number of benzene rings is 1. The molecule has 0 radical (unpaired) electrons. The van der Waals surface area contributed by atoms with E-state index in [0.29, 0.717) is 28.3 Å². The lowest BCUT2D eigenvalue weighted by molar-refractivity contribution is 0.304. The Morgan fingerprint density at radius 1 is 1.38 bits per heavy atom. The van der Waals surface area contributed by atoms with Crippen molar-refractivity contribution in [3.05, 3.63) is 57.1 Å². The quantitative estimate of drug-likeness (QED) is 0.582. The summed E-state index contributed by atoms with van der Waals surface area (Å²) < 4.78 is 22.4. The first kappa shape index (κ1) is 18.9. The lowest BCUT2D eigenvalue weighted by Gasteiger charge is -2.14. The summed E-state index contributed by atoms with van der Waals surface area (Å²) in [4.78, 5) is 0. The Morgan fingerprint density at radius 3 is 2.73 bits per heavy atom.